The van der Waals surface area contributed by atoms with Gasteiger partial charge in [0.1, 0.15) is 6.33 Å². The Labute approximate surface area is 131 Å². The van der Waals surface area contributed by atoms with Gasteiger partial charge in [0.25, 0.3) is 0 Å². The summed E-state index contributed by atoms with van der Waals surface area (Å²) in [5.41, 5.74) is 3.00. The topological polar surface area (TPSA) is 72.2 Å². The predicted octanol–water partition coefficient (Wildman–Crippen LogP) is 3.22. The van der Waals surface area contributed by atoms with Crippen molar-refractivity contribution in [2.24, 2.45) is 0 Å². The van der Waals surface area contributed by atoms with E-state index in [4.69, 9.17) is 0 Å². The number of aromatic nitrogens is 4. The van der Waals surface area contributed by atoms with E-state index in [0.29, 0.717) is 11.5 Å². The van der Waals surface area contributed by atoms with Gasteiger partial charge in [-0.1, -0.05) is 24.3 Å². The highest BCUT2D eigenvalue weighted by Gasteiger charge is 2.10. The van der Waals surface area contributed by atoms with E-state index in [1.54, 1.807) is 29.8 Å². The molecular formula is C17H13N5O. The molecule has 0 saturated carbocycles. The lowest BCUT2D eigenvalue weighted by atomic mass is 10.1. The smallest absolute Gasteiger partial charge is 0.215 e. The van der Waals surface area contributed by atoms with Crippen LogP contribution in [0.5, 0.6) is 0 Å². The average Bonchev–Trinajstić information content (AvgIpc) is 3.05. The van der Waals surface area contributed by atoms with Crippen LogP contribution in [0.15, 0.2) is 54.9 Å². The fraction of sp³-hybridized carbons (Fsp3) is 0.0588. The van der Waals surface area contributed by atoms with Crippen molar-refractivity contribution in [1.82, 2.24) is 19.6 Å². The minimum atomic E-state index is 0.0227. The molecule has 112 valence electrons. The van der Waals surface area contributed by atoms with Crippen molar-refractivity contribution < 1.29 is 4.79 Å². The number of rotatable bonds is 3. The normalized spacial score (nSPS) is 11.0. The lowest BCUT2D eigenvalue weighted by Crippen LogP contribution is -2.03. The van der Waals surface area contributed by atoms with Gasteiger partial charge in [0.05, 0.1) is 5.52 Å². The molecule has 0 saturated heterocycles. The third-order valence-corrected chi connectivity index (χ3v) is 3.67. The van der Waals surface area contributed by atoms with E-state index in [1.807, 2.05) is 36.4 Å². The summed E-state index contributed by atoms with van der Waals surface area (Å²) in [5.74, 6) is 0.624. The van der Waals surface area contributed by atoms with Crippen molar-refractivity contribution in [3.63, 3.8) is 0 Å². The third kappa shape index (κ3) is 2.30. The molecule has 6 nitrogen and oxygen atoms in total. The van der Waals surface area contributed by atoms with E-state index < -0.39 is 0 Å². The van der Waals surface area contributed by atoms with Gasteiger partial charge in [0, 0.05) is 16.6 Å². The molecule has 4 aromatic rings. The van der Waals surface area contributed by atoms with Gasteiger partial charge in [-0.2, -0.15) is 0 Å². The first-order valence-corrected chi connectivity index (χ1v) is 7.19. The second kappa shape index (κ2) is 5.17. The molecule has 2 aromatic carbocycles. The van der Waals surface area contributed by atoms with Crippen LogP contribution in [0.25, 0.3) is 16.6 Å². The Morgan fingerprint density at radius 3 is 2.87 bits per heavy atom. The Morgan fingerprint density at radius 1 is 1.13 bits per heavy atom. The lowest BCUT2D eigenvalue weighted by Gasteiger charge is -2.10. The van der Waals surface area contributed by atoms with Crippen LogP contribution in [0.2, 0.25) is 0 Å². The number of ketones is 1. The molecule has 2 aromatic heterocycles. The molecule has 0 amide bonds. The van der Waals surface area contributed by atoms with Crippen LogP contribution in [-0.2, 0) is 0 Å². The van der Waals surface area contributed by atoms with Crippen molar-refractivity contribution in [2.45, 2.75) is 6.92 Å². The molecule has 0 aliphatic heterocycles. The first kappa shape index (κ1) is 13.4. The zero-order valence-corrected chi connectivity index (χ0v) is 12.4. The Morgan fingerprint density at radius 2 is 2.00 bits per heavy atom. The van der Waals surface area contributed by atoms with Gasteiger partial charge < -0.3 is 5.32 Å². The van der Waals surface area contributed by atoms with Gasteiger partial charge in [0.15, 0.2) is 11.4 Å². The number of anilines is 2. The molecule has 2 heterocycles. The van der Waals surface area contributed by atoms with E-state index in [-0.39, 0.29) is 5.78 Å². The Bertz CT molecular complexity index is 1040. The molecule has 0 fully saturated rings. The number of nitrogens with one attached hydrogen (secondary N) is 1. The molecule has 0 atom stereocenters. The molecule has 6 heteroatoms. The number of hydrogen-bond acceptors (Lipinski definition) is 5. The van der Waals surface area contributed by atoms with Crippen molar-refractivity contribution in [3.8, 4) is 0 Å². The van der Waals surface area contributed by atoms with Crippen LogP contribution in [0.1, 0.15) is 17.3 Å². The van der Waals surface area contributed by atoms with Crippen molar-refractivity contribution in [1.29, 1.82) is 0 Å². The summed E-state index contributed by atoms with van der Waals surface area (Å²) < 4.78 is 1.79. The number of fused-ring (bicyclic) bond motifs is 3. The third-order valence-electron chi connectivity index (χ3n) is 3.67. The Hall–Kier alpha value is -3.28. The Kier molecular flexibility index (Phi) is 3.01. The van der Waals surface area contributed by atoms with E-state index >= 15 is 0 Å². The molecule has 0 spiro atoms. The second-order valence-corrected chi connectivity index (χ2v) is 5.24. The number of nitrogens with zero attached hydrogens (tertiary/aromatic N) is 4. The Balaban J connectivity index is 1.86. The number of carbonyl (C=O) groups excluding carboxylic acids is 1. The monoisotopic (exact) mass is 303 g/mol. The van der Waals surface area contributed by atoms with Gasteiger partial charge in [-0.15, -0.1) is 10.2 Å². The molecule has 1 N–H and O–H groups in total. The molecular weight excluding hydrogens is 290 g/mol. The van der Waals surface area contributed by atoms with Crippen molar-refractivity contribution in [2.75, 3.05) is 5.32 Å². The SMILES string of the molecule is CC(=O)c1cccc(Nc2nc3ccccc3c3nncn23)c1. The maximum absolute atomic E-state index is 11.5. The molecule has 0 bridgehead atoms. The van der Waals surface area contributed by atoms with Crippen LogP contribution in [0.3, 0.4) is 0 Å². The van der Waals surface area contributed by atoms with Crippen LogP contribution in [-0.4, -0.2) is 25.4 Å². The molecule has 0 radical (unpaired) electrons. The summed E-state index contributed by atoms with van der Waals surface area (Å²) in [6.07, 6.45) is 1.62. The average molecular weight is 303 g/mol. The molecule has 0 aliphatic rings. The standard InChI is InChI=1S/C17H13N5O/c1-11(23)12-5-4-6-13(9-12)19-17-20-15-8-3-2-7-14(15)16-21-18-10-22(16)17/h2-10H,1H3,(H,19,20). The van der Waals surface area contributed by atoms with Gasteiger partial charge in [-0.05, 0) is 31.2 Å². The van der Waals surface area contributed by atoms with E-state index in [1.165, 1.54) is 0 Å². The summed E-state index contributed by atoms with van der Waals surface area (Å²) in [6, 6.07) is 15.1. The first-order chi connectivity index (χ1) is 11.2. The van der Waals surface area contributed by atoms with Crippen molar-refractivity contribution in [3.05, 3.63) is 60.4 Å². The van der Waals surface area contributed by atoms with Gasteiger partial charge >= 0.3 is 0 Å². The van der Waals surface area contributed by atoms with E-state index in [0.717, 1.165) is 22.2 Å². The number of benzene rings is 2. The van der Waals surface area contributed by atoms with Crippen LogP contribution in [0.4, 0.5) is 11.6 Å². The minimum absolute atomic E-state index is 0.0227. The minimum Gasteiger partial charge on any atom is -0.325 e. The zero-order chi connectivity index (χ0) is 15.8. The number of hydrogen-bond donors (Lipinski definition) is 1. The van der Waals surface area contributed by atoms with Crippen molar-refractivity contribution >= 4 is 34.0 Å². The highest BCUT2D eigenvalue weighted by molar-refractivity contribution is 5.95. The predicted molar refractivity (Wildman–Crippen MR) is 88.0 cm³/mol. The van der Waals surface area contributed by atoms with Gasteiger partial charge in [-0.25, -0.2) is 4.98 Å². The summed E-state index contributed by atoms with van der Waals surface area (Å²) in [7, 11) is 0. The fourth-order valence-corrected chi connectivity index (χ4v) is 2.54. The molecule has 0 aliphatic carbocycles. The number of Topliss-reactive ketones (excluding diaryl/α,β-unsaturated/α-hetero) is 1. The largest absolute Gasteiger partial charge is 0.325 e. The lowest BCUT2D eigenvalue weighted by molar-refractivity contribution is 0.101. The van der Waals surface area contributed by atoms with E-state index in [2.05, 4.69) is 20.5 Å². The molecule has 0 unspecified atom stereocenters. The van der Waals surface area contributed by atoms with Crippen LogP contribution < -0.4 is 5.32 Å². The summed E-state index contributed by atoms with van der Waals surface area (Å²) in [5, 5.41) is 12.3. The van der Waals surface area contributed by atoms with Gasteiger partial charge in [-0.3, -0.25) is 9.20 Å². The highest BCUT2D eigenvalue weighted by atomic mass is 16.1. The quantitative estimate of drug-likeness (QED) is 0.588. The van der Waals surface area contributed by atoms with Gasteiger partial charge in [0.2, 0.25) is 5.95 Å². The zero-order valence-electron chi connectivity index (χ0n) is 12.4. The maximum Gasteiger partial charge on any atom is 0.215 e. The molecule has 4 rings (SSSR count). The highest BCUT2D eigenvalue weighted by Crippen LogP contribution is 2.23. The second-order valence-electron chi connectivity index (χ2n) is 5.24. The van der Waals surface area contributed by atoms with Crippen LogP contribution >= 0.6 is 0 Å². The molecule has 23 heavy (non-hydrogen) atoms. The maximum atomic E-state index is 11.5. The van der Waals surface area contributed by atoms with E-state index in [9.17, 15) is 4.79 Å². The fourth-order valence-electron chi connectivity index (χ4n) is 2.54. The van der Waals surface area contributed by atoms with Crippen LogP contribution in [0, 0.1) is 0 Å². The summed E-state index contributed by atoms with van der Waals surface area (Å²) in [4.78, 5) is 16.2. The number of para-hydroxylation sites is 1. The summed E-state index contributed by atoms with van der Waals surface area (Å²) in [6.45, 7) is 1.55. The first-order valence-electron chi connectivity index (χ1n) is 7.19. The summed E-state index contributed by atoms with van der Waals surface area (Å²) >= 11 is 0. The number of carbonyl (C=O) groups is 1.